The molecule has 51 heavy (non-hydrogen) atoms. The Morgan fingerprint density at radius 3 is 1.76 bits per heavy atom. The molecule has 0 aliphatic carbocycles. The molecule has 292 valence electrons. The zero-order valence-corrected chi connectivity index (χ0v) is 33.0. The van der Waals surface area contributed by atoms with Gasteiger partial charge in [0.1, 0.15) is 6.61 Å². The number of aliphatic carboxylic acids is 1. The monoisotopic (exact) mass is 717 g/mol. The van der Waals surface area contributed by atoms with Crippen LogP contribution >= 0.6 is 0 Å². The third kappa shape index (κ3) is 32.7. The Hall–Kier alpha value is -2.97. The lowest BCUT2D eigenvalue weighted by Gasteiger charge is -2.31. The summed E-state index contributed by atoms with van der Waals surface area (Å²) in [5, 5.41) is 9.57. The fourth-order valence-corrected chi connectivity index (χ4v) is 5.38. The zero-order chi connectivity index (χ0) is 37.8. The molecular weight excluding hydrogens is 642 g/mol. The standard InChI is InChI=1S/C43H73NO7/c1-6-8-10-12-14-16-17-18-19-20-21-22-23-24-26-27-29-31-33-41(45)50-38-39(37-49-36-35-40(43(47)48)44(3,4)5)51-42(46)34-32-30-28-25-15-13-11-9-7-2/h9,11,15,19-22,25,30,32,39-40H,6-8,10,12-14,16-18,23-24,26-29,31,33-38H2,1-5H3/p+1/b11-9+,20-19+,22-21+,25-15+,32-30+. The minimum atomic E-state index is -0.893. The average molecular weight is 717 g/mol. The van der Waals surface area contributed by atoms with Crippen LogP contribution in [0.1, 0.15) is 142 Å². The SMILES string of the molecule is CC/C=C/C/C=C/C/C=C/CC(=O)OC(COCCC(C(=O)O)[N+](C)(C)C)COC(=O)CCCCCCC/C=C/C=C/CCCCCCCCC. The number of nitrogens with zero attached hydrogens (tertiary/aromatic N) is 1. The fraction of sp³-hybridized carbons (Fsp3) is 0.698. The molecule has 1 N–H and O–H groups in total. The molecule has 0 amide bonds. The van der Waals surface area contributed by atoms with Gasteiger partial charge < -0.3 is 23.8 Å². The molecule has 0 aliphatic rings. The van der Waals surface area contributed by atoms with Gasteiger partial charge >= 0.3 is 17.9 Å². The lowest BCUT2D eigenvalue weighted by molar-refractivity contribution is -0.887. The van der Waals surface area contributed by atoms with Gasteiger partial charge in [0.2, 0.25) is 0 Å². The molecule has 0 aliphatic heterocycles. The molecule has 8 heteroatoms. The molecule has 0 bridgehead atoms. The molecule has 0 aromatic carbocycles. The molecular formula is C43H74NO7+. The van der Waals surface area contributed by atoms with Gasteiger partial charge in [0.25, 0.3) is 0 Å². The van der Waals surface area contributed by atoms with Crippen molar-refractivity contribution < 1.29 is 38.2 Å². The predicted octanol–water partition coefficient (Wildman–Crippen LogP) is 10.2. The van der Waals surface area contributed by atoms with Crippen molar-refractivity contribution in [2.24, 2.45) is 0 Å². The number of carboxylic acid groups (broad SMARTS) is 1. The normalized spacial score (nSPS) is 13.7. The van der Waals surface area contributed by atoms with Gasteiger partial charge in [-0.05, 0) is 51.4 Å². The second kappa shape index (κ2) is 34.1. The Balaban J connectivity index is 4.42. The zero-order valence-electron chi connectivity index (χ0n) is 33.0. The number of carboxylic acids is 1. The summed E-state index contributed by atoms with van der Waals surface area (Å²) >= 11 is 0. The quantitative estimate of drug-likeness (QED) is 0.0233. The summed E-state index contributed by atoms with van der Waals surface area (Å²) in [6, 6.07) is -0.631. The molecule has 0 aromatic heterocycles. The molecule has 0 radical (unpaired) electrons. The largest absolute Gasteiger partial charge is 0.477 e. The van der Waals surface area contributed by atoms with E-state index in [-0.39, 0.29) is 36.7 Å². The molecule has 2 atom stereocenters. The Bertz CT molecular complexity index is 1020. The van der Waals surface area contributed by atoms with E-state index in [2.05, 4.69) is 56.4 Å². The summed E-state index contributed by atoms with van der Waals surface area (Å²) in [5.74, 6) is -1.65. The van der Waals surface area contributed by atoms with E-state index in [1.807, 2.05) is 33.3 Å². The lowest BCUT2D eigenvalue weighted by atomic mass is 10.1. The lowest BCUT2D eigenvalue weighted by Crippen LogP contribution is -2.50. The maximum absolute atomic E-state index is 12.5. The van der Waals surface area contributed by atoms with Gasteiger partial charge in [-0.15, -0.1) is 0 Å². The highest BCUT2D eigenvalue weighted by Gasteiger charge is 2.31. The van der Waals surface area contributed by atoms with E-state index in [4.69, 9.17) is 14.2 Å². The van der Waals surface area contributed by atoms with Crippen molar-refractivity contribution in [3.63, 3.8) is 0 Å². The second-order valence-electron chi connectivity index (χ2n) is 14.2. The van der Waals surface area contributed by atoms with Crippen molar-refractivity contribution in [3.05, 3.63) is 60.8 Å². The number of hydrogen-bond acceptors (Lipinski definition) is 6. The number of likely N-dealkylation sites (N-methyl/N-ethyl adjacent to an activating group) is 1. The first-order valence-electron chi connectivity index (χ1n) is 19.8. The number of carbonyl (C=O) groups excluding carboxylic acids is 2. The summed E-state index contributed by atoms with van der Waals surface area (Å²) in [5.41, 5.74) is 0. The van der Waals surface area contributed by atoms with E-state index in [0.717, 1.165) is 57.8 Å². The minimum Gasteiger partial charge on any atom is -0.477 e. The summed E-state index contributed by atoms with van der Waals surface area (Å²) in [4.78, 5) is 36.7. The van der Waals surface area contributed by atoms with Crippen LogP contribution in [0.5, 0.6) is 0 Å². The number of hydrogen-bond donors (Lipinski definition) is 1. The van der Waals surface area contributed by atoms with Gasteiger partial charge in [0, 0.05) is 12.8 Å². The number of esters is 2. The maximum atomic E-state index is 12.5. The maximum Gasteiger partial charge on any atom is 0.362 e. The molecule has 0 saturated carbocycles. The van der Waals surface area contributed by atoms with Crippen LogP contribution in [0, 0.1) is 0 Å². The number of ether oxygens (including phenoxy) is 3. The van der Waals surface area contributed by atoms with Crippen molar-refractivity contribution in [2.75, 3.05) is 41.0 Å². The molecule has 0 spiro atoms. The Morgan fingerprint density at radius 1 is 0.647 bits per heavy atom. The molecule has 2 unspecified atom stereocenters. The summed E-state index contributed by atoms with van der Waals surface area (Å²) < 4.78 is 17.0. The molecule has 0 heterocycles. The second-order valence-corrected chi connectivity index (χ2v) is 14.2. The third-order valence-corrected chi connectivity index (χ3v) is 8.46. The molecule has 0 saturated heterocycles. The van der Waals surface area contributed by atoms with Gasteiger partial charge in [-0.3, -0.25) is 9.59 Å². The summed E-state index contributed by atoms with van der Waals surface area (Å²) in [7, 11) is 5.47. The van der Waals surface area contributed by atoms with E-state index >= 15 is 0 Å². The van der Waals surface area contributed by atoms with Gasteiger partial charge in [-0.25, -0.2) is 4.79 Å². The fourth-order valence-electron chi connectivity index (χ4n) is 5.38. The van der Waals surface area contributed by atoms with Crippen LogP contribution in [0.4, 0.5) is 0 Å². The third-order valence-electron chi connectivity index (χ3n) is 8.46. The average Bonchev–Trinajstić information content (AvgIpc) is 3.08. The highest BCUT2D eigenvalue weighted by Crippen LogP contribution is 2.12. The van der Waals surface area contributed by atoms with Gasteiger partial charge in [-0.2, -0.15) is 0 Å². The van der Waals surface area contributed by atoms with Crippen LogP contribution < -0.4 is 0 Å². The van der Waals surface area contributed by atoms with Gasteiger partial charge in [0.15, 0.2) is 12.1 Å². The van der Waals surface area contributed by atoms with Crippen molar-refractivity contribution >= 4 is 17.9 Å². The van der Waals surface area contributed by atoms with E-state index in [1.165, 1.54) is 51.4 Å². The van der Waals surface area contributed by atoms with Gasteiger partial charge in [0.05, 0.1) is 40.8 Å². The summed E-state index contributed by atoms with van der Waals surface area (Å²) in [6.07, 6.45) is 40.2. The van der Waals surface area contributed by atoms with Crippen molar-refractivity contribution in [3.8, 4) is 0 Å². The minimum absolute atomic E-state index is 0.0175. The number of rotatable bonds is 34. The first kappa shape index (κ1) is 48.0. The Kier molecular flexibility index (Phi) is 32.1. The highest BCUT2D eigenvalue weighted by atomic mass is 16.6. The summed E-state index contributed by atoms with van der Waals surface area (Å²) in [6.45, 7) is 4.46. The molecule has 8 nitrogen and oxygen atoms in total. The van der Waals surface area contributed by atoms with Crippen LogP contribution in [0.3, 0.4) is 0 Å². The predicted molar refractivity (Wildman–Crippen MR) is 211 cm³/mol. The van der Waals surface area contributed by atoms with Crippen molar-refractivity contribution in [1.82, 2.24) is 0 Å². The van der Waals surface area contributed by atoms with Crippen LogP contribution in [0.25, 0.3) is 0 Å². The van der Waals surface area contributed by atoms with E-state index in [9.17, 15) is 19.5 Å². The first-order chi connectivity index (χ1) is 24.6. The Morgan fingerprint density at radius 2 is 1.20 bits per heavy atom. The topological polar surface area (TPSA) is 99.1 Å². The van der Waals surface area contributed by atoms with Crippen LogP contribution in [-0.2, 0) is 28.6 Å². The van der Waals surface area contributed by atoms with Crippen LogP contribution in [0.15, 0.2) is 60.8 Å². The smallest absolute Gasteiger partial charge is 0.362 e. The highest BCUT2D eigenvalue weighted by molar-refractivity contribution is 5.72. The number of carbonyl (C=O) groups is 3. The van der Waals surface area contributed by atoms with E-state index in [0.29, 0.717) is 12.8 Å². The van der Waals surface area contributed by atoms with Crippen molar-refractivity contribution in [1.29, 1.82) is 0 Å². The van der Waals surface area contributed by atoms with Crippen molar-refractivity contribution in [2.45, 2.75) is 154 Å². The van der Waals surface area contributed by atoms with E-state index in [1.54, 1.807) is 6.08 Å². The van der Waals surface area contributed by atoms with Gasteiger partial charge in [-0.1, -0.05) is 132 Å². The number of quaternary nitrogens is 1. The van der Waals surface area contributed by atoms with Crippen LogP contribution in [-0.4, -0.2) is 80.6 Å². The van der Waals surface area contributed by atoms with Crippen LogP contribution in [0.2, 0.25) is 0 Å². The Labute approximate surface area is 311 Å². The molecule has 0 rings (SSSR count). The molecule has 0 fully saturated rings. The van der Waals surface area contributed by atoms with E-state index < -0.39 is 24.1 Å². The number of unbranched alkanes of at least 4 members (excludes halogenated alkanes) is 12. The first-order valence-corrected chi connectivity index (χ1v) is 19.8. The molecule has 0 aromatic rings. The number of allylic oxidation sites excluding steroid dienone is 9.